The second-order valence-corrected chi connectivity index (χ2v) is 7.84. The predicted octanol–water partition coefficient (Wildman–Crippen LogP) is 4.22. The maximum atomic E-state index is 12.7. The van der Waals surface area contributed by atoms with E-state index in [1.807, 2.05) is 44.2 Å². The molecule has 20 heavy (non-hydrogen) atoms. The first-order chi connectivity index (χ1) is 9.43. The summed E-state index contributed by atoms with van der Waals surface area (Å²) in [6, 6.07) is 0. The van der Waals surface area contributed by atoms with E-state index in [1.54, 1.807) is 6.08 Å². The SMILES string of the molecule is C/C=C\CC(/C=C\C)S(=O)(=O)C1C=CC(C(C)C)=CC1. The van der Waals surface area contributed by atoms with E-state index in [9.17, 15) is 8.42 Å². The molecule has 0 heterocycles. The average Bonchev–Trinajstić information content (AvgIpc) is 2.43. The van der Waals surface area contributed by atoms with Gasteiger partial charge in [0.2, 0.25) is 0 Å². The van der Waals surface area contributed by atoms with Crippen LogP contribution in [0, 0.1) is 5.92 Å². The lowest BCUT2D eigenvalue weighted by molar-refractivity contribution is 0.579. The highest BCUT2D eigenvalue weighted by Crippen LogP contribution is 2.25. The summed E-state index contributed by atoms with van der Waals surface area (Å²) in [7, 11) is -3.18. The summed E-state index contributed by atoms with van der Waals surface area (Å²) in [5.41, 5.74) is 1.23. The van der Waals surface area contributed by atoms with Gasteiger partial charge in [0.25, 0.3) is 0 Å². The van der Waals surface area contributed by atoms with E-state index in [-0.39, 0.29) is 0 Å². The van der Waals surface area contributed by atoms with Crippen LogP contribution in [0.5, 0.6) is 0 Å². The van der Waals surface area contributed by atoms with Crippen molar-refractivity contribution < 1.29 is 8.42 Å². The van der Waals surface area contributed by atoms with Crippen molar-refractivity contribution in [2.75, 3.05) is 0 Å². The topological polar surface area (TPSA) is 34.1 Å². The van der Waals surface area contributed by atoms with Crippen LogP contribution in [0.25, 0.3) is 0 Å². The van der Waals surface area contributed by atoms with Gasteiger partial charge < -0.3 is 0 Å². The number of hydrogen-bond donors (Lipinski definition) is 0. The van der Waals surface area contributed by atoms with E-state index < -0.39 is 20.3 Å². The lowest BCUT2D eigenvalue weighted by Gasteiger charge is -2.22. The smallest absolute Gasteiger partial charge is 0.163 e. The molecule has 0 amide bonds. The molecule has 1 aliphatic carbocycles. The van der Waals surface area contributed by atoms with Gasteiger partial charge in [0.15, 0.2) is 9.84 Å². The molecule has 2 atom stereocenters. The summed E-state index contributed by atoms with van der Waals surface area (Å²) >= 11 is 0. The van der Waals surface area contributed by atoms with Crippen LogP contribution in [0.2, 0.25) is 0 Å². The molecule has 3 heteroatoms. The molecule has 0 radical (unpaired) electrons. The largest absolute Gasteiger partial charge is 0.228 e. The van der Waals surface area contributed by atoms with E-state index in [0.717, 1.165) is 0 Å². The highest BCUT2D eigenvalue weighted by molar-refractivity contribution is 7.93. The van der Waals surface area contributed by atoms with E-state index in [4.69, 9.17) is 0 Å². The van der Waals surface area contributed by atoms with Crippen LogP contribution < -0.4 is 0 Å². The van der Waals surface area contributed by atoms with Crippen molar-refractivity contribution in [1.29, 1.82) is 0 Å². The third-order valence-electron chi connectivity index (χ3n) is 3.61. The Morgan fingerprint density at radius 2 is 2.00 bits per heavy atom. The lowest BCUT2D eigenvalue weighted by Crippen LogP contribution is -2.30. The fraction of sp³-hybridized carbons (Fsp3) is 0.529. The van der Waals surface area contributed by atoms with Crippen molar-refractivity contribution in [3.05, 3.63) is 48.1 Å². The monoisotopic (exact) mass is 294 g/mol. The zero-order valence-corrected chi connectivity index (χ0v) is 13.7. The molecule has 0 bridgehead atoms. The molecule has 1 aliphatic rings. The van der Waals surface area contributed by atoms with E-state index in [2.05, 4.69) is 19.9 Å². The minimum absolute atomic E-state index is 0.392. The molecule has 0 saturated heterocycles. The molecule has 1 rings (SSSR count). The van der Waals surface area contributed by atoms with Gasteiger partial charge in [0.1, 0.15) is 0 Å². The van der Waals surface area contributed by atoms with Crippen molar-refractivity contribution in [3.8, 4) is 0 Å². The predicted molar refractivity (Wildman–Crippen MR) is 87.4 cm³/mol. The summed E-state index contributed by atoms with van der Waals surface area (Å²) in [5.74, 6) is 0.448. The van der Waals surface area contributed by atoms with Gasteiger partial charge in [-0.05, 0) is 38.2 Å². The summed E-state index contributed by atoms with van der Waals surface area (Å²) in [6.07, 6.45) is 14.5. The summed E-state index contributed by atoms with van der Waals surface area (Å²) in [6.45, 7) is 8.03. The molecule has 112 valence electrons. The summed E-state index contributed by atoms with van der Waals surface area (Å²) < 4.78 is 25.4. The van der Waals surface area contributed by atoms with Crippen molar-refractivity contribution in [3.63, 3.8) is 0 Å². The first-order valence-electron chi connectivity index (χ1n) is 7.28. The molecule has 2 unspecified atom stereocenters. The second kappa shape index (κ2) is 7.63. The second-order valence-electron chi connectivity index (χ2n) is 5.45. The fourth-order valence-electron chi connectivity index (χ4n) is 2.32. The molecule has 2 nitrogen and oxygen atoms in total. The fourth-order valence-corrected chi connectivity index (χ4v) is 4.19. The molecule has 0 fully saturated rings. The lowest BCUT2D eigenvalue weighted by atomic mass is 9.97. The van der Waals surface area contributed by atoms with Crippen molar-refractivity contribution >= 4 is 9.84 Å². The van der Waals surface area contributed by atoms with Crippen molar-refractivity contribution in [2.24, 2.45) is 5.92 Å². The Morgan fingerprint density at radius 3 is 2.45 bits per heavy atom. The zero-order chi connectivity index (χ0) is 15.2. The Bertz CT molecular complexity index is 519. The number of rotatable bonds is 6. The van der Waals surface area contributed by atoms with Crippen LogP contribution in [0.15, 0.2) is 48.1 Å². The number of sulfone groups is 1. The van der Waals surface area contributed by atoms with Crippen LogP contribution in [-0.2, 0) is 9.84 Å². The molecule has 0 aliphatic heterocycles. The minimum atomic E-state index is -3.18. The van der Waals surface area contributed by atoms with Gasteiger partial charge in [-0.1, -0.05) is 56.4 Å². The maximum absolute atomic E-state index is 12.7. The third-order valence-corrected chi connectivity index (χ3v) is 6.00. The number of hydrogen-bond acceptors (Lipinski definition) is 2. The van der Waals surface area contributed by atoms with Crippen LogP contribution in [0.1, 0.15) is 40.5 Å². The molecule has 0 aromatic carbocycles. The Balaban J connectivity index is 2.91. The summed E-state index contributed by atoms with van der Waals surface area (Å²) in [5, 5.41) is -0.816. The van der Waals surface area contributed by atoms with Crippen molar-refractivity contribution in [2.45, 2.75) is 51.0 Å². The first kappa shape index (κ1) is 17.0. The highest BCUT2D eigenvalue weighted by atomic mass is 32.2. The van der Waals surface area contributed by atoms with Crippen LogP contribution >= 0.6 is 0 Å². The standard InChI is InChI=1S/C17H26O2S/c1-5-7-9-16(8-6-2)20(18,19)17-12-10-15(11-13-17)14(3)4/h5-8,10-12,14,16-17H,9,13H2,1-4H3/b7-5-,8-6-. The van der Waals surface area contributed by atoms with Gasteiger partial charge in [-0.3, -0.25) is 0 Å². The molecule has 0 spiro atoms. The molecule has 0 aromatic heterocycles. The average molecular weight is 294 g/mol. The van der Waals surface area contributed by atoms with Gasteiger partial charge in [0, 0.05) is 0 Å². The minimum Gasteiger partial charge on any atom is -0.228 e. The number of allylic oxidation sites excluding steroid dienone is 6. The Hall–Kier alpha value is -1.09. The maximum Gasteiger partial charge on any atom is 0.163 e. The molecular formula is C17H26O2S. The normalized spacial score (nSPS) is 21.9. The van der Waals surface area contributed by atoms with Gasteiger partial charge >= 0.3 is 0 Å². The first-order valence-corrected chi connectivity index (χ1v) is 8.89. The molecule has 0 saturated carbocycles. The molecular weight excluding hydrogens is 268 g/mol. The molecule has 0 N–H and O–H groups in total. The highest BCUT2D eigenvalue weighted by Gasteiger charge is 2.30. The van der Waals surface area contributed by atoms with E-state index in [1.165, 1.54) is 5.57 Å². The van der Waals surface area contributed by atoms with Gasteiger partial charge in [-0.25, -0.2) is 8.42 Å². The van der Waals surface area contributed by atoms with E-state index in [0.29, 0.717) is 18.8 Å². The van der Waals surface area contributed by atoms with E-state index >= 15 is 0 Å². The Labute approximate surface area is 123 Å². The van der Waals surface area contributed by atoms with Crippen LogP contribution in [0.4, 0.5) is 0 Å². The Morgan fingerprint density at radius 1 is 1.30 bits per heavy atom. The van der Waals surface area contributed by atoms with Gasteiger partial charge in [-0.15, -0.1) is 0 Å². The van der Waals surface area contributed by atoms with Gasteiger partial charge in [0.05, 0.1) is 10.5 Å². The van der Waals surface area contributed by atoms with Crippen molar-refractivity contribution in [1.82, 2.24) is 0 Å². The quantitative estimate of drug-likeness (QED) is 0.687. The molecule has 0 aromatic rings. The third kappa shape index (κ3) is 4.20. The van der Waals surface area contributed by atoms with Crippen LogP contribution in [-0.4, -0.2) is 18.9 Å². The summed E-state index contributed by atoms with van der Waals surface area (Å²) in [4.78, 5) is 0. The zero-order valence-electron chi connectivity index (χ0n) is 12.9. The Kier molecular flexibility index (Phi) is 6.47. The van der Waals surface area contributed by atoms with Crippen LogP contribution in [0.3, 0.4) is 0 Å². The van der Waals surface area contributed by atoms with Gasteiger partial charge in [-0.2, -0.15) is 0 Å².